The van der Waals surface area contributed by atoms with Crippen LogP contribution >= 0.6 is 0 Å². The topological polar surface area (TPSA) is 6.48 Å². The molecule has 2 heteroatoms. The zero-order valence-corrected chi connectivity index (χ0v) is 9.76. The third-order valence-corrected chi connectivity index (χ3v) is 3.74. The smallest absolute Gasteiger partial charge is 0.0338 e. The molecule has 1 saturated heterocycles. The first-order valence-corrected chi connectivity index (χ1v) is 6.28. The zero-order valence-electron chi connectivity index (χ0n) is 9.76. The first-order valence-electron chi connectivity index (χ1n) is 6.28. The van der Waals surface area contributed by atoms with Gasteiger partial charge < -0.3 is 4.90 Å². The summed E-state index contributed by atoms with van der Waals surface area (Å²) < 4.78 is 0. The van der Waals surface area contributed by atoms with Gasteiger partial charge in [0.2, 0.25) is 0 Å². The molecule has 2 rings (SSSR count). The van der Waals surface area contributed by atoms with Gasteiger partial charge in [0.15, 0.2) is 0 Å². The maximum atomic E-state index is 2.75. The van der Waals surface area contributed by atoms with Crippen molar-refractivity contribution in [2.75, 3.05) is 32.7 Å². The van der Waals surface area contributed by atoms with Crippen LogP contribution in [0.1, 0.15) is 39.5 Å². The predicted octanol–water partition coefficient (Wildman–Crippen LogP) is 1.96. The summed E-state index contributed by atoms with van der Waals surface area (Å²) in [6.45, 7) is 11.2. The summed E-state index contributed by atoms with van der Waals surface area (Å²) in [6, 6.07) is 0. The average Bonchev–Trinajstić information content (AvgIpc) is 2.92. The molecule has 1 saturated carbocycles. The van der Waals surface area contributed by atoms with Gasteiger partial charge in [0.1, 0.15) is 0 Å². The van der Waals surface area contributed by atoms with E-state index in [-0.39, 0.29) is 0 Å². The van der Waals surface area contributed by atoms with E-state index in [1.165, 1.54) is 58.4 Å². The van der Waals surface area contributed by atoms with E-state index in [1.807, 2.05) is 0 Å². The van der Waals surface area contributed by atoms with Crippen molar-refractivity contribution < 1.29 is 0 Å². The third-order valence-electron chi connectivity index (χ3n) is 3.74. The van der Waals surface area contributed by atoms with Crippen molar-refractivity contribution in [2.45, 2.75) is 45.1 Å². The van der Waals surface area contributed by atoms with Crippen LogP contribution in [0.4, 0.5) is 0 Å². The summed E-state index contributed by atoms with van der Waals surface area (Å²) in [5.74, 6) is 0. The van der Waals surface area contributed by atoms with Gasteiger partial charge in [0.05, 0.1) is 0 Å². The highest BCUT2D eigenvalue weighted by Gasteiger charge is 2.50. The normalized spacial score (nSPS) is 27.0. The van der Waals surface area contributed by atoms with Crippen molar-refractivity contribution in [3.05, 3.63) is 0 Å². The molecule has 0 N–H and O–H groups in total. The fourth-order valence-electron chi connectivity index (χ4n) is 2.84. The van der Waals surface area contributed by atoms with E-state index in [0.29, 0.717) is 5.54 Å². The lowest BCUT2D eigenvalue weighted by atomic mass is 10.1. The van der Waals surface area contributed by atoms with Gasteiger partial charge in [0.25, 0.3) is 0 Å². The first-order chi connectivity index (χ1) is 6.80. The molecule has 0 bridgehead atoms. The maximum absolute atomic E-state index is 2.75. The molecular weight excluding hydrogens is 172 g/mol. The molecule has 0 aromatic rings. The minimum absolute atomic E-state index is 0.628. The third kappa shape index (κ3) is 1.96. The standard InChI is InChI=1S/C12H24N2/c1-3-7-13-9-10-14(8-4-2)12(11-13)5-6-12/h3-11H2,1-2H3. The second kappa shape index (κ2) is 4.19. The van der Waals surface area contributed by atoms with Gasteiger partial charge in [-0.25, -0.2) is 0 Å². The summed E-state index contributed by atoms with van der Waals surface area (Å²) in [4.78, 5) is 5.42. The Labute approximate surface area is 88.3 Å². The summed E-state index contributed by atoms with van der Waals surface area (Å²) in [5.41, 5.74) is 0.628. The molecule has 2 fully saturated rings. The summed E-state index contributed by atoms with van der Waals surface area (Å²) in [5, 5.41) is 0. The molecule has 0 aromatic carbocycles. The van der Waals surface area contributed by atoms with Crippen molar-refractivity contribution in [1.29, 1.82) is 0 Å². The highest BCUT2D eigenvalue weighted by atomic mass is 15.3. The summed E-state index contributed by atoms with van der Waals surface area (Å²) in [7, 11) is 0. The molecular formula is C12H24N2. The number of rotatable bonds is 4. The Morgan fingerprint density at radius 2 is 1.71 bits per heavy atom. The van der Waals surface area contributed by atoms with Crippen molar-refractivity contribution in [2.24, 2.45) is 0 Å². The molecule has 14 heavy (non-hydrogen) atoms. The predicted molar refractivity (Wildman–Crippen MR) is 60.6 cm³/mol. The van der Waals surface area contributed by atoms with Crippen LogP contribution in [0.15, 0.2) is 0 Å². The average molecular weight is 196 g/mol. The van der Waals surface area contributed by atoms with E-state index in [0.717, 1.165) is 0 Å². The number of piperazine rings is 1. The highest BCUT2D eigenvalue weighted by molar-refractivity contribution is 5.08. The van der Waals surface area contributed by atoms with Crippen molar-refractivity contribution >= 4 is 0 Å². The van der Waals surface area contributed by atoms with Crippen LogP contribution in [0.25, 0.3) is 0 Å². The van der Waals surface area contributed by atoms with Crippen LogP contribution in [0.2, 0.25) is 0 Å². The Morgan fingerprint density at radius 3 is 2.29 bits per heavy atom. The molecule has 2 aliphatic rings. The van der Waals surface area contributed by atoms with Gasteiger partial charge in [-0.3, -0.25) is 4.90 Å². The highest BCUT2D eigenvalue weighted by Crippen LogP contribution is 2.44. The van der Waals surface area contributed by atoms with E-state index in [4.69, 9.17) is 0 Å². The first kappa shape index (κ1) is 10.4. The van der Waals surface area contributed by atoms with Crippen molar-refractivity contribution in [3.63, 3.8) is 0 Å². The van der Waals surface area contributed by atoms with Crippen LogP contribution in [0, 0.1) is 0 Å². The van der Waals surface area contributed by atoms with E-state index in [2.05, 4.69) is 23.6 Å². The van der Waals surface area contributed by atoms with Crippen molar-refractivity contribution in [3.8, 4) is 0 Å². The second-order valence-corrected chi connectivity index (χ2v) is 4.99. The van der Waals surface area contributed by atoms with Gasteiger partial charge in [-0.15, -0.1) is 0 Å². The quantitative estimate of drug-likeness (QED) is 0.678. The molecule has 0 atom stereocenters. The number of hydrogen-bond donors (Lipinski definition) is 0. The minimum atomic E-state index is 0.628. The summed E-state index contributed by atoms with van der Waals surface area (Å²) in [6.07, 6.45) is 5.53. The fraction of sp³-hybridized carbons (Fsp3) is 1.00. The minimum Gasteiger partial charge on any atom is -0.300 e. The lowest BCUT2D eigenvalue weighted by Crippen LogP contribution is -2.55. The number of hydrogen-bond acceptors (Lipinski definition) is 2. The zero-order chi connectivity index (χ0) is 10.0. The summed E-state index contributed by atoms with van der Waals surface area (Å²) >= 11 is 0. The molecule has 1 spiro atoms. The Kier molecular flexibility index (Phi) is 3.13. The SMILES string of the molecule is CCCN1CCN(CCC)C2(CC2)C1. The van der Waals surface area contributed by atoms with E-state index < -0.39 is 0 Å². The van der Waals surface area contributed by atoms with E-state index in [9.17, 15) is 0 Å². The maximum Gasteiger partial charge on any atom is 0.0338 e. The van der Waals surface area contributed by atoms with Crippen LogP contribution in [0.3, 0.4) is 0 Å². The largest absolute Gasteiger partial charge is 0.300 e. The molecule has 2 nitrogen and oxygen atoms in total. The molecule has 1 aliphatic carbocycles. The molecule has 1 aliphatic heterocycles. The van der Waals surface area contributed by atoms with Crippen molar-refractivity contribution in [1.82, 2.24) is 9.80 Å². The van der Waals surface area contributed by atoms with Gasteiger partial charge in [-0.2, -0.15) is 0 Å². The number of nitrogens with zero attached hydrogens (tertiary/aromatic N) is 2. The molecule has 0 aromatic heterocycles. The molecule has 1 heterocycles. The fourth-order valence-corrected chi connectivity index (χ4v) is 2.84. The molecule has 82 valence electrons. The van der Waals surface area contributed by atoms with Crippen LogP contribution in [0.5, 0.6) is 0 Å². The van der Waals surface area contributed by atoms with Gasteiger partial charge in [-0.05, 0) is 38.8 Å². The Bertz CT molecular complexity index is 187. The molecule has 0 amide bonds. The van der Waals surface area contributed by atoms with Crippen LogP contribution in [-0.4, -0.2) is 48.1 Å². The lowest BCUT2D eigenvalue weighted by Gasteiger charge is -2.42. The monoisotopic (exact) mass is 196 g/mol. The molecule has 0 radical (unpaired) electrons. The Hall–Kier alpha value is -0.0800. The van der Waals surface area contributed by atoms with Gasteiger partial charge >= 0.3 is 0 Å². The van der Waals surface area contributed by atoms with E-state index in [1.54, 1.807) is 0 Å². The van der Waals surface area contributed by atoms with Gasteiger partial charge in [-0.1, -0.05) is 13.8 Å². The Morgan fingerprint density at radius 1 is 1.00 bits per heavy atom. The molecule has 0 unspecified atom stereocenters. The van der Waals surface area contributed by atoms with Crippen LogP contribution in [-0.2, 0) is 0 Å². The second-order valence-electron chi connectivity index (χ2n) is 4.99. The Balaban J connectivity index is 1.88. The lowest BCUT2D eigenvalue weighted by molar-refractivity contribution is 0.0594. The van der Waals surface area contributed by atoms with Crippen LogP contribution < -0.4 is 0 Å². The van der Waals surface area contributed by atoms with Gasteiger partial charge in [0, 0.05) is 25.2 Å². The van der Waals surface area contributed by atoms with E-state index >= 15 is 0 Å².